The molecule has 2 aromatic rings. The number of fused-ring (bicyclic) bond motifs is 1. The number of nitrogens with two attached hydrogens (primary N) is 1. The van der Waals surface area contributed by atoms with Crippen molar-refractivity contribution in [1.82, 2.24) is 0 Å². The third kappa shape index (κ3) is 2.48. The van der Waals surface area contributed by atoms with E-state index in [-0.39, 0.29) is 10.6 Å². The first kappa shape index (κ1) is 13.6. The predicted octanol–water partition coefficient (Wildman–Crippen LogP) is 3.18. The maximum absolute atomic E-state index is 11.0. The number of non-ortho nitro benzene ring substituents is 1. The molecule has 0 saturated heterocycles. The molecule has 108 valence electrons. The molecule has 5 heteroatoms. The number of nitro groups is 1. The number of nitrogens with zero attached hydrogens (tertiary/aromatic N) is 2. The van der Waals surface area contributed by atoms with Gasteiger partial charge in [-0.3, -0.25) is 10.1 Å². The molecule has 0 radical (unpaired) electrons. The summed E-state index contributed by atoms with van der Waals surface area (Å²) >= 11 is 0. The summed E-state index contributed by atoms with van der Waals surface area (Å²) in [7, 11) is 0. The van der Waals surface area contributed by atoms with Crippen molar-refractivity contribution in [2.24, 2.45) is 5.73 Å². The van der Waals surface area contributed by atoms with Gasteiger partial charge in [0.2, 0.25) is 0 Å². The summed E-state index contributed by atoms with van der Waals surface area (Å²) < 4.78 is 0. The van der Waals surface area contributed by atoms with Gasteiger partial charge in [0.1, 0.15) is 0 Å². The van der Waals surface area contributed by atoms with E-state index in [2.05, 4.69) is 17.0 Å². The normalized spacial score (nSPS) is 16.8. The zero-order valence-corrected chi connectivity index (χ0v) is 11.6. The second-order valence-corrected chi connectivity index (χ2v) is 5.22. The monoisotopic (exact) mass is 283 g/mol. The van der Waals surface area contributed by atoms with Crippen LogP contribution in [0.1, 0.15) is 17.9 Å². The Kier molecular flexibility index (Phi) is 3.58. The number of hydrogen-bond donors (Lipinski definition) is 1. The maximum atomic E-state index is 11.0. The van der Waals surface area contributed by atoms with Gasteiger partial charge in [-0.1, -0.05) is 24.3 Å². The zero-order valence-electron chi connectivity index (χ0n) is 11.6. The molecule has 0 amide bonds. The topological polar surface area (TPSA) is 72.4 Å². The van der Waals surface area contributed by atoms with E-state index in [1.807, 2.05) is 18.2 Å². The lowest BCUT2D eigenvalue weighted by Gasteiger charge is -2.19. The van der Waals surface area contributed by atoms with Crippen molar-refractivity contribution >= 4 is 17.1 Å². The van der Waals surface area contributed by atoms with Crippen LogP contribution in [0.15, 0.2) is 48.5 Å². The van der Waals surface area contributed by atoms with E-state index in [9.17, 15) is 10.1 Å². The van der Waals surface area contributed by atoms with Gasteiger partial charge in [-0.05, 0) is 30.7 Å². The van der Waals surface area contributed by atoms with Gasteiger partial charge in [0, 0.05) is 36.0 Å². The number of hydrogen-bond acceptors (Lipinski definition) is 4. The standard InChI is InChI=1S/C16H17N3O2/c17-9-8-12-11-18(16-7-2-1-6-15(12)16)13-4-3-5-14(10-13)19(20)21/h1-7,10,12H,8-9,11,17H2. The van der Waals surface area contributed by atoms with E-state index >= 15 is 0 Å². The Morgan fingerprint density at radius 2 is 2.05 bits per heavy atom. The summed E-state index contributed by atoms with van der Waals surface area (Å²) in [5, 5.41) is 11.0. The molecule has 21 heavy (non-hydrogen) atoms. The van der Waals surface area contributed by atoms with Gasteiger partial charge in [0.05, 0.1) is 4.92 Å². The minimum Gasteiger partial charge on any atom is -0.340 e. The fourth-order valence-corrected chi connectivity index (χ4v) is 2.96. The molecule has 0 saturated carbocycles. The number of nitro benzene ring substituents is 1. The molecular weight excluding hydrogens is 266 g/mol. The Bertz CT molecular complexity index is 672. The van der Waals surface area contributed by atoms with Crippen LogP contribution in [-0.4, -0.2) is 18.0 Å². The third-order valence-electron chi connectivity index (χ3n) is 3.94. The van der Waals surface area contributed by atoms with Crippen LogP contribution in [0.2, 0.25) is 0 Å². The molecule has 2 N–H and O–H groups in total. The molecule has 0 aliphatic carbocycles. The Labute approximate surface area is 123 Å². The van der Waals surface area contributed by atoms with Crippen LogP contribution >= 0.6 is 0 Å². The number of anilines is 2. The zero-order chi connectivity index (χ0) is 14.8. The second-order valence-electron chi connectivity index (χ2n) is 5.22. The van der Waals surface area contributed by atoms with Crippen molar-refractivity contribution in [2.45, 2.75) is 12.3 Å². The molecule has 0 spiro atoms. The first-order valence-corrected chi connectivity index (χ1v) is 7.01. The summed E-state index contributed by atoms with van der Waals surface area (Å²) in [6, 6.07) is 15.0. The van der Waals surface area contributed by atoms with Gasteiger partial charge in [0.25, 0.3) is 5.69 Å². The van der Waals surface area contributed by atoms with E-state index in [1.165, 1.54) is 11.6 Å². The van der Waals surface area contributed by atoms with Gasteiger partial charge in [-0.2, -0.15) is 0 Å². The highest BCUT2D eigenvalue weighted by molar-refractivity contribution is 5.72. The van der Waals surface area contributed by atoms with E-state index in [1.54, 1.807) is 12.1 Å². The fourth-order valence-electron chi connectivity index (χ4n) is 2.96. The predicted molar refractivity (Wildman–Crippen MR) is 83.0 cm³/mol. The number of benzene rings is 2. The lowest BCUT2D eigenvalue weighted by Crippen LogP contribution is -2.17. The lowest BCUT2D eigenvalue weighted by molar-refractivity contribution is -0.384. The Morgan fingerprint density at radius 3 is 2.81 bits per heavy atom. The van der Waals surface area contributed by atoms with Gasteiger partial charge in [0.15, 0.2) is 0 Å². The lowest BCUT2D eigenvalue weighted by atomic mass is 9.98. The third-order valence-corrected chi connectivity index (χ3v) is 3.94. The molecule has 1 aliphatic heterocycles. The summed E-state index contributed by atoms with van der Waals surface area (Å²) in [4.78, 5) is 12.7. The van der Waals surface area contributed by atoms with Crippen molar-refractivity contribution in [3.63, 3.8) is 0 Å². The fraction of sp³-hybridized carbons (Fsp3) is 0.250. The highest BCUT2D eigenvalue weighted by atomic mass is 16.6. The van der Waals surface area contributed by atoms with Crippen molar-refractivity contribution in [1.29, 1.82) is 0 Å². The minimum absolute atomic E-state index is 0.118. The molecule has 1 unspecified atom stereocenters. The SMILES string of the molecule is NCCC1CN(c2cccc([N+](=O)[O-])c2)c2ccccc21. The summed E-state index contributed by atoms with van der Waals surface area (Å²) in [5.74, 6) is 0.380. The highest BCUT2D eigenvalue weighted by Crippen LogP contribution is 2.42. The molecule has 0 bridgehead atoms. The maximum Gasteiger partial charge on any atom is 0.271 e. The van der Waals surface area contributed by atoms with E-state index in [0.717, 1.165) is 24.3 Å². The van der Waals surface area contributed by atoms with Gasteiger partial charge in [-0.15, -0.1) is 0 Å². The van der Waals surface area contributed by atoms with Crippen LogP contribution in [-0.2, 0) is 0 Å². The molecule has 1 aliphatic rings. The average molecular weight is 283 g/mol. The Balaban J connectivity index is 2.00. The van der Waals surface area contributed by atoms with E-state index in [0.29, 0.717) is 12.5 Å². The van der Waals surface area contributed by atoms with Gasteiger partial charge < -0.3 is 10.6 Å². The van der Waals surface area contributed by atoms with Crippen LogP contribution in [0, 0.1) is 10.1 Å². The van der Waals surface area contributed by atoms with Crippen LogP contribution in [0.3, 0.4) is 0 Å². The average Bonchev–Trinajstić information content (AvgIpc) is 2.87. The molecule has 1 atom stereocenters. The van der Waals surface area contributed by atoms with Crippen LogP contribution < -0.4 is 10.6 Å². The highest BCUT2D eigenvalue weighted by Gasteiger charge is 2.29. The molecule has 0 aromatic heterocycles. The summed E-state index contributed by atoms with van der Waals surface area (Å²) in [6.45, 7) is 1.46. The van der Waals surface area contributed by atoms with Crippen molar-refractivity contribution in [3.05, 3.63) is 64.2 Å². The summed E-state index contributed by atoms with van der Waals surface area (Å²) in [6.07, 6.45) is 0.919. The van der Waals surface area contributed by atoms with E-state index in [4.69, 9.17) is 5.73 Å². The second kappa shape index (κ2) is 5.54. The van der Waals surface area contributed by atoms with Crippen molar-refractivity contribution in [2.75, 3.05) is 18.0 Å². The van der Waals surface area contributed by atoms with Crippen molar-refractivity contribution in [3.8, 4) is 0 Å². The molecule has 5 nitrogen and oxygen atoms in total. The van der Waals surface area contributed by atoms with Crippen molar-refractivity contribution < 1.29 is 4.92 Å². The van der Waals surface area contributed by atoms with Crippen LogP contribution in [0.4, 0.5) is 17.1 Å². The first-order chi connectivity index (χ1) is 10.2. The summed E-state index contributed by atoms with van der Waals surface area (Å²) in [5.41, 5.74) is 9.08. The quantitative estimate of drug-likeness (QED) is 0.691. The Hall–Kier alpha value is -2.40. The van der Waals surface area contributed by atoms with Gasteiger partial charge in [-0.25, -0.2) is 0 Å². The number of para-hydroxylation sites is 1. The van der Waals surface area contributed by atoms with Crippen LogP contribution in [0.5, 0.6) is 0 Å². The minimum atomic E-state index is -0.358. The largest absolute Gasteiger partial charge is 0.340 e. The number of rotatable bonds is 4. The molecule has 2 aromatic carbocycles. The molecular formula is C16H17N3O2. The smallest absolute Gasteiger partial charge is 0.271 e. The Morgan fingerprint density at radius 1 is 1.24 bits per heavy atom. The van der Waals surface area contributed by atoms with E-state index < -0.39 is 0 Å². The van der Waals surface area contributed by atoms with Crippen LogP contribution in [0.25, 0.3) is 0 Å². The molecule has 0 fully saturated rings. The molecule has 1 heterocycles. The molecule has 3 rings (SSSR count). The first-order valence-electron chi connectivity index (χ1n) is 7.01. The van der Waals surface area contributed by atoms with Gasteiger partial charge >= 0.3 is 0 Å².